The van der Waals surface area contributed by atoms with Crippen molar-refractivity contribution in [1.29, 1.82) is 0 Å². The third kappa shape index (κ3) is 6.92. The number of hydrogen-bond acceptors (Lipinski definition) is 6. The Balaban J connectivity index is 2.00. The smallest absolute Gasteiger partial charge is 0.295 e. The van der Waals surface area contributed by atoms with Crippen molar-refractivity contribution < 1.29 is 24.2 Å². The van der Waals surface area contributed by atoms with Crippen LogP contribution in [0.4, 0.5) is 0 Å². The number of ketones is 1. The lowest BCUT2D eigenvalue weighted by Gasteiger charge is -2.27. The molecule has 200 valence electrons. The van der Waals surface area contributed by atoms with E-state index in [1.165, 1.54) is 0 Å². The van der Waals surface area contributed by atoms with Gasteiger partial charge in [0.2, 0.25) is 0 Å². The van der Waals surface area contributed by atoms with Crippen molar-refractivity contribution in [2.24, 2.45) is 0 Å². The number of nitrogens with zero attached hydrogens (tertiary/aromatic N) is 2. The van der Waals surface area contributed by atoms with Crippen LogP contribution in [0.15, 0.2) is 54.1 Å². The molecular weight excluding hydrogens is 468 g/mol. The average Bonchev–Trinajstić information content (AvgIpc) is 3.11. The number of aliphatic hydroxyl groups is 1. The predicted molar refractivity (Wildman–Crippen MR) is 146 cm³/mol. The van der Waals surface area contributed by atoms with Gasteiger partial charge in [-0.2, -0.15) is 0 Å². The normalized spacial score (nSPS) is 17.3. The first-order valence-corrected chi connectivity index (χ1v) is 13.2. The Morgan fingerprint density at radius 3 is 1.89 bits per heavy atom. The minimum atomic E-state index is -0.684. The van der Waals surface area contributed by atoms with Crippen molar-refractivity contribution in [2.75, 3.05) is 26.2 Å². The highest BCUT2D eigenvalue weighted by Gasteiger charge is 2.45. The Labute approximate surface area is 220 Å². The Morgan fingerprint density at radius 2 is 1.41 bits per heavy atom. The van der Waals surface area contributed by atoms with Gasteiger partial charge >= 0.3 is 0 Å². The van der Waals surface area contributed by atoms with Crippen LogP contribution >= 0.6 is 0 Å². The largest absolute Gasteiger partial charge is 0.507 e. The number of carbonyl (C=O) groups excluding carboxylic acids is 2. The second kappa shape index (κ2) is 12.8. The van der Waals surface area contributed by atoms with Gasteiger partial charge in [-0.15, -0.1) is 0 Å². The van der Waals surface area contributed by atoms with E-state index < -0.39 is 17.7 Å². The van der Waals surface area contributed by atoms with Crippen LogP contribution in [0.25, 0.3) is 5.76 Å². The van der Waals surface area contributed by atoms with Crippen LogP contribution in [-0.4, -0.2) is 65.0 Å². The Hall–Kier alpha value is -3.32. The Bertz CT molecular complexity index is 1090. The minimum Gasteiger partial charge on any atom is -0.507 e. The first-order valence-electron chi connectivity index (χ1n) is 13.2. The minimum absolute atomic E-state index is 0.0174. The average molecular weight is 509 g/mol. The number of carbonyl (C=O) groups is 2. The summed E-state index contributed by atoms with van der Waals surface area (Å²) in [5.41, 5.74) is 1.31. The molecule has 0 aliphatic carbocycles. The van der Waals surface area contributed by atoms with E-state index in [1.807, 2.05) is 52.0 Å². The molecule has 1 N–H and O–H groups in total. The summed E-state index contributed by atoms with van der Waals surface area (Å²) >= 11 is 0. The maximum absolute atomic E-state index is 13.3. The topological polar surface area (TPSA) is 79.3 Å². The molecule has 0 saturated carbocycles. The molecule has 0 aromatic heterocycles. The number of ether oxygens (including phenoxy) is 2. The molecular formula is C30H40N2O5. The standard InChI is InChI=1S/C30H40N2O5/c1-7-31(8-2)18-9-19-32-27(22-10-14-24(15-11-22)36-20(3)4)26(29(34)30(32)35)28(33)23-12-16-25(17-13-23)37-21(5)6/h10-17,20-21,27,33H,7-9,18-19H2,1-6H3/b28-26+/t27-/m0/s1. The van der Waals surface area contributed by atoms with E-state index in [-0.39, 0.29) is 23.5 Å². The van der Waals surface area contributed by atoms with Crippen LogP contribution in [0.1, 0.15) is 65.1 Å². The van der Waals surface area contributed by atoms with E-state index in [2.05, 4.69) is 18.7 Å². The van der Waals surface area contributed by atoms with Gasteiger partial charge in [0.15, 0.2) is 0 Å². The number of rotatable bonds is 12. The summed E-state index contributed by atoms with van der Waals surface area (Å²) in [6.45, 7) is 15.1. The quantitative estimate of drug-likeness (QED) is 0.234. The lowest BCUT2D eigenvalue weighted by atomic mass is 9.95. The summed E-state index contributed by atoms with van der Waals surface area (Å²) in [5.74, 6) is -0.0735. The van der Waals surface area contributed by atoms with Gasteiger partial charge in [-0.1, -0.05) is 26.0 Å². The predicted octanol–water partition coefficient (Wildman–Crippen LogP) is 5.41. The summed E-state index contributed by atoms with van der Waals surface area (Å²) in [5, 5.41) is 11.3. The molecule has 7 nitrogen and oxygen atoms in total. The van der Waals surface area contributed by atoms with Crippen molar-refractivity contribution in [2.45, 2.75) is 66.2 Å². The number of benzene rings is 2. The van der Waals surface area contributed by atoms with Crippen LogP contribution in [0.3, 0.4) is 0 Å². The van der Waals surface area contributed by atoms with E-state index in [4.69, 9.17) is 9.47 Å². The van der Waals surface area contributed by atoms with Crippen molar-refractivity contribution in [1.82, 2.24) is 9.80 Å². The number of hydrogen-bond donors (Lipinski definition) is 1. The van der Waals surface area contributed by atoms with Crippen LogP contribution in [0, 0.1) is 0 Å². The monoisotopic (exact) mass is 508 g/mol. The first-order chi connectivity index (χ1) is 17.7. The number of Topliss-reactive ketones (excluding diaryl/α,β-unsaturated/α-hetero) is 1. The Morgan fingerprint density at radius 1 is 0.892 bits per heavy atom. The first kappa shape index (κ1) is 28.3. The fraction of sp³-hybridized carbons (Fsp3) is 0.467. The van der Waals surface area contributed by atoms with Gasteiger partial charge in [0.05, 0.1) is 23.8 Å². The third-order valence-corrected chi connectivity index (χ3v) is 6.37. The molecule has 2 aromatic rings. The summed E-state index contributed by atoms with van der Waals surface area (Å²) in [6.07, 6.45) is 0.768. The van der Waals surface area contributed by atoms with E-state index in [0.29, 0.717) is 23.6 Å². The Kier molecular flexibility index (Phi) is 9.75. The molecule has 2 aromatic carbocycles. The summed E-state index contributed by atoms with van der Waals surface area (Å²) < 4.78 is 11.5. The molecule has 1 amide bonds. The lowest BCUT2D eigenvalue weighted by molar-refractivity contribution is -0.140. The van der Waals surface area contributed by atoms with E-state index in [1.54, 1.807) is 29.2 Å². The highest BCUT2D eigenvalue weighted by Crippen LogP contribution is 2.40. The molecule has 0 radical (unpaired) electrons. The van der Waals surface area contributed by atoms with Crippen LogP contribution in [-0.2, 0) is 9.59 Å². The van der Waals surface area contributed by atoms with Crippen molar-refractivity contribution in [3.05, 3.63) is 65.2 Å². The van der Waals surface area contributed by atoms with Gasteiger partial charge < -0.3 is 24.4 Å². The van der Waals surface area contributed by atoms with Gasteiger partial charge in [0, 0.05) is 12.1 Å². The number of aliphatic hydroxyl groups excluding tert-OH is 1. The van der Waals surface area contributed by atoms with Gasteiger partial charge in [0.1, 0.15) is 17.3 Å². The van der Waals surface area contributed by atoms with Crippen LogP contribution in [0.2, 0.25) is 0 Å². The highest BCUT2D eigenvalue weighted by molar-refractivity contribution is 6.46. The zero-order chi connectivity index (χ0) is 27.1. The lowest BCUT2D eigenvalue weighted by Crippen LogP contribution is -2.33. The summed E-state index contributed by atoms with van der Waals surface area (Å²) in [6, 6.07) is 13.6. The molecule has 1 heterocycles. The molecule has 3 rings (SSSR count). The van der Waals surface area contributed by atoms with Gasteiger partial charge in [-0.3, -0.25) is 9.59 Å². The molecule has 1 fully saturated rings. The number of amides is 1. The molecule has 7 heteroatoms. The third-order valence-electron chi connectivity index (χ3n) is 6.37. The van der Waals surface area contributed by atoms with Gasteiger partial charge in [-0.05, 0) is 95.7 Å². The fourth-order valence-electron chi connectivity index (χ4n) is 4.58. The molecule has 1 aliphatic heterocycles. The molecule has 0 spiro atoms. The van der Waals surface area contributed by atoms with Gasteiger partial charge in [0.25, 0.3) is 11.7 Å². The van der Waals surface area contributed by atoms with Crippen LogP contribution in [0.5, 0.6) is 11.5 Å². The van der Waals surface area contributed by atoms with Crippen molar-refractivity contribution >= 4 is 17.4 Å². The zero-order valence-corrected chi connectivity index (χ0v) is 22.9. The van der Waals surface area contributed by atoms with Gasteiger partial charge in [-0.25, -0.2) is 0 Å². The molecule has 1 saturated heterocycles. The van der Waals surface area contributed by atoms with Crippen LogP contribution < -0.4 is 9.47 Å². The second-order valence-corrected chi connectivity index (χ2v) is 9.80. The van der Waals surface area contributed by atoms with Crippen molar-refractivity contribution in [3.8, 4) is 11.5 Å². The highest BCUT2D eigenvalue weighted by atomic mass is 16.5. The van der Waals surface area contributed by atoms with E-state index in [0.717, 1.165) is 31.6 Å². The second-order valence-electron chi connectivity index (χ2n) is 9.80. The zero-order valence-electron chi connectivity index (χ0n) is 22.9. The molecule has 1 aliphatic rings. The summed E-state index contributed by atoms with van der Waals surface area (Å²) in [4.78, 5) is 30.4. The maximum Gasteiger partial charge on any atom is 0.295 e. The molecule has 0 bridgehead atoms. The molecule has 37 heavy (non-hydrogen) atoms. The molecule has 1 atom stereocenters. The number of likely N-dealkylation sites (tertiary alicyclic amines) is 1. The molecule has 0 unspecified atom stereocenters. The van der Waals surface area contributed by atoms with Crippen molar-refractivity contribution in [3.63, 3.8) is 0 Å². The fourth-order valence-corrected chi connectivity index (χ4v) is 4.58. The van der Waals surface area contributed by atoms with E-state index in [9.17, 15) is 14.7 Å². The van der Waals surface area contributed by atoms with E-state index >= 15 is 0 Å². The SMILES string of the molecule is CCN(CC)CCCN1C(=O)C(=O)/C(=C(/O)c2ccc(OC(C)C)cc2)[C@@H]1c1ccc(OC(C)C)cc1. The maximum atomic E-state index is 13.3. The summed E-state index contributed by atoms with van der Waals surface area (Å²) in [7, 11) is 0.